The Morgan fingerprint density at radius 2 is 1.82 bits per heavy atom. The van der Waals surface area contributed by atoms with Crippen LogP contribution in [0.1, 0.15) is 32.1 Å². The summed E-state index contributed by atoms with van der Waals surface area (Å²) >= 11 is 0. The molecule has 0 amide bonds. The van der Waals surface area contributed by atoms with Gasteiger partial charge in [-0.15, -0.1) is 0 Å². The molecule has 0 aromatic heterocycles. The molecule has 1 N–H and O–H groups in total. The molecule has 0 aliphatic heterocycles. The largest absolute Gasteiger partial charge is 0.340 e. The SMILES string of the molecule is C[SiH](C)NCC1CCCCC1. The van der Waals surface area contributed by atoms with E-state index >= 15 is 0 Å². The van der Waals surface area contributed by atoms with Crippen LogP contribution in [0.3, 0.4) is 0 Å². The van der Waals surface area contributed by atoms with Gasteiger partial charge in [0.05, 0.1) is 0 Å². The summed E-state index contributed by atoms with van der Waals surface area (Å²) in [6.45, 7) is 6.04. The average Bonchev–Trinajstić information content (AvgIpc) is 2.03. The first-order chi connectivity index (χ1) is 5.29. The molecule has 0 unspecified atom stereocenters. The third-order valence-electron chi connectivity index (χ3n) is 2.54. The zero-order chi connectivity index (χ0) is 8.10. The highest BCUT2D eigenvalue weighted by Crippen LogP contribution is 2.22. The van der Waals surface area contributed by atoms with Crippen molar-refractivity contribution in [2.75, 3.05) is 6.54 Å². The van der Waals surface area contributed by atoms with Crippen molar-refractivity contribution in [1.29, 1.82) is 0 Å². The van der Waals surface area contributed by atoms with Gasteiger partial charge in [0.2, 0.25) is 0 Å². The van der Waals surface area contributed by atoms with Gasteiger partial charge < -0.3 is 4.98 Å². The summed E-state index contributed by atoms with van der Waals surface area (Å²) in [5.41, 5.74) is 0. The number of rotatable bonds is 3. The predicted molar refractivity (Wildman–Crippen MR) is 53.5 cm³/mol. The molecule has 66 valence electrons. The van der Waals surface area contributed by atoms with Crippen LogP contribution in [-0.4, -0.2) is 15.5 Å². The third kappa shape index (κ3) is 3.92. The van der Waals surface area contributed by atoms with Gasteiger partial charge in [0.25, 0.3) is 0 Å². The van der Waals surface area contributed by atoms with Gasteiger partial charge in [0.1, 0.15) is 8.96 Å². The molecule has 1 saturated carbocycles. The first kappa shape index (κ1) is 9.27. The fourth-order valence-corrected chi connectivity index (χ4v) is 2.60. The van der Waals surface area contributed by atoms with E-state index < -0.39 is 8.96 Å². The molecule has 0 bridgehead atoms. The van der Waals surface area contributed by atoms with Crippen LogP contribution in [0.15, 0.2) is 0 Å². The zero-order valence-electron chi connectivity index (χ0n) is 7.90. The normalized spacial score (nSPS) is 21.0. The summed E-state index contributed by atoms with van der Waals surface area (Å²) in [7, 11) is -0.491. The van der Waals surface area contributed by atoms with E-state index in [2.05, 4.69) is 18.1 Å². The van der Waals surface area contributed by atoms with Crippen LogP contribution in [0, 0.1) is 5.92 Å². The molecule has 0 heterocycles. The Balaban J connectivity index is 2.05. The summed E-state index contributed by atoms with van der Waals surface area (Å²) in [6, 6.07) is 0. The highest BCUT2D eigenvalue weighted by molar-refractivity contribution is 6.52. The molecule has 0 radical (unpaired) electrons. The van der Waals surface area contributed by atoms with Gasteiger partial charge in [-0.25, -0.2) is 0 Å². The maximum Gasteiger partial charge on any atom is 0.102 e. The minimum Gasteiger partial charge on any atom is -0.340 e. The smallest absolute Gasteiger partial charge is 0.102 e. The van der Waals surface area contributed by atoms with Crippen molar-refractivity contribution in [3.8, 4) is 0 Å². The summed E-state index contributed by atoms with van der Waals surface area (Å²) in [6.07, 6.45) is 7.40. The summed E-state index contributed by atoms with van der Waals surface area (Å²) in [5.74, 6) is 1.01. The van der Waals surface area contributed by atoms with Gasteiger partial charge in [-0.3, -0.25) is 0 Å². The van der Waals surface area contributed by atoms with Crippen molar-refractivity contribution in [3.05, 3.63) is 0 Å². The molecule has 1 aliphatic rings. The molecule has 2 heteroatoms. The minimum absolute atomic E-state index is 0.491. The van der Waals surface area contributed by atoms with Crippen LogP contribution in [0.2, 0.25) is 13.1 Å². The Hall–Kier alpha value is 0.177. The van der Waals surface area contributed by atoms with Crippen molar-refractivity contribution in [2.45, 2.75) is 45.2 Å². The van der Waals surface area contributed by atoms with Gasteiger partial charge in [0, 0.05) is 0 Å². The molecular formula is C9H21NSi. The van der Waals surface area contributed by atoms with Crippen LogP contribution in [0.5, 0.6) is 0 Å². The maximum atomic E-state index is 3.65. The van der Waals surface area contributed by atoms with Crippen molar-refractivity contribution in [2.24, 2.45) is 5.92 Å². The Labute approximate surface area is 72.3 Å². The van der Waals surface area contributed by atoms with Crippen molar-refractivity contribution >= 4 is 8.96 Å². The topological polar surface area (TPSA) is 12.0 Å². The monoisotopic (exact) mass is 171 g/mol. The van der Waals surface area contributed by atoms with Gasteiger partial charge in [-0.1, -0.05) is 32.4 Å². The molecule has 0 atom stereocenters. The molecule has 0 saturated heterocycles. The zero-order valence-corrected chi connectivity index (χ0v) is 9.05. The lowest BCUT2D eigenvalue weighted by molar-refractivity contribution is 0.358. The molecule has 0 aromatic rings. The summed E-state index contributed by atoms with van der Waals surface area (Å²) < 4.78 is 0. The van der Waals surface area contributed by atoms with E-state index in [4.69, 9.17) is 0 Å². The maximum absolute atomic E-state index is 3.65. The Morgan fingerprint density at radius 1 is 1.18 bits per heavy atom. The lowest BCUT2D eigenvalue weighted by atomic mass is 9.90. The van der Waals surface area contributed by atoms with Crippen molar-refractivity contribution < 1.29 is 0 Å². The minimum atomic E-state index is -0.491. The molecule has 1 nitrogen and oxygen atoms in total. The highest BCUT2D eigenvalue weighted by Gasteiger charge is 2.12. The molecule has 0 spiro atoms. The number of nitrogens with one attached hydrogen (secondary N) is 1. The molecule has 0 aromatic carbocycles. The van der Waals surface area contributed by atoms with Crippen LogP contribution in [-0.2, 0) is 0 Å². The van der Waals surface area contributed by atoms with E-state index in [0.717, 1.165) is 5.92 Å². The lowest BCUT2D eigenvalue weighted by Crippen LogP contribution is -2.33. The molecule has 1 fully saturated rings. The highest BCUT2D eigenvalue weighted by atomic mass is 28.3. The van der Waals surface area contributed by atoms with E-state index in [1.807, 2.05) is 0 Å². The number of hydrogen-bond acceptors (Lipinski definition) is 1. The Kier molecular flexibility index (Phi) is 4.16. The predicted octanol–water partition coefficient (Wildman–Crippen LogP) is 2.14. The van der Waals surface area contributed by atoms with Gasteiger partial charge in [0.15, 0.2) is 0 Å². The van der Waals surface area contributed by atoms with Gasteiger partial charge in [-0.2, -0.15) is 0 Å². The van der Waals surface area contributed by atoms with E-state index in [0.29, 0.717) is 0 Å². The molecule has 11 heavy (non-hydrogen) atoms. The second-order valence-electron chi connectivity index (χ2n) is 4.07. The van der Waals surface area contributed by atoms with E-state index in [-0.39, 0.29) is 0 Å². The van der Waals surface area contributed by atoms with Crippen LogP contribution in [0.4, 0.5) is 0 Å². The lowest BCUT2D eigenvalue weighted by Gasteiger charge is -2.22. The Morgan fingerprint density at radius 3 is 2.36 bits per heavy atom. The van der Waals surface area contributed by atoms with E-state index in [1.54, 1.807) is 0 Å². The average molecular weight is 171 g/mol. The van der Waals surface area contributed by atoms with Gasteiger partial charge in [-0.05, 0) is 25.3 Å². The Bertz CT molecular complexity index is 97.7. The molecule has 1 rings (SSSR count). The standard InChI is InChI=1S/C9H21NSi/c1-11(2)10-8-9-6-4-3-5-7-9/h9-11H,3-8H2,1-2H3. The van der Waals surface area contributed by atoms with Crippen LogP contribution in [0.25, 0.3) is 0 Å². The summed E-state index contributed by atoms with van der Waals surface area (Å²) in [5, 5.41) is 0. The number of hydrogen-bond donors (Lipinski definition) is 1. The fourth-order valence-electron chi connectivity index (χ4n) is 1.79. The van der Waals surface area contributed by atoms with Crippen molar-refractivity contribution in [1.82, 2.24) is 4.98 Å². The molecule has 1 aliphatic carbocycles. The first-order valence-corrected chi connectivity index (χ1v) is 7.91. The second kappa shape index (κ2) is 4.94. The fraction of sp³-hybridized carbons (Fsp3) is 1.00. The van der Waals surface area contributed by atoms with E-state index in [9.17, 15) is 0 Å². The van der Waals surface area contributed by atoms with Crippen molar-refractivity contribution in [3.63, 3.8) is 0 Å². The summed E-state index contributed by atoms with van der Waals surface area (Å²) in [4.78, 5) is 3.65. The second-order valence-corrected chi connectivity index (χ2v) is 6.78. The van der Waals surface area contributed by atoms with Gasteiger partial charge >= 0.3 is 0 Å². The quantitative estimate of drug-likeness (QED) is 0.642. The van der Waals surface area contributed by atoms with Crippen LogP contribution < -0.4 is 4.98 Å². The third-order valence-corrected chi connectivity index (χ3v) is 3.59. The van der Waals surface area contributed by atoms with Crippen LogP contribution >= 0.6 is 0 Å². The first-order valence-electron chi connectivity index (χ1n) is 5.02. The van der Waals surface area contributed by atoms with E-state index in [1.165, 1.54) is 38.6 Å². The molecular weight excluding hydrogens is 150 g/mol.